The SMILES string of the molecule is N#Cc1ccc(-n2c(CO)nc3cc(N)ccc32)cc1. The summed E-state index contributed by atoms with van der Waals surface area (Å²) in [7, 11) is 0. The number of rotatable bonds is 2. The molecule has 0 amide bonds. The summed E-state index contributed by atoms with van der Waals surface area (Å²) < 4.78 is 1.86. The number of nitrogen functional groups attached to an aromatic ring is 1. The molecule has 0 spiro atoms. The number of hydrogen-bond acceptors (Lipinski definition) is 4. The van der Waals surface area contributed by atoms with Crippen LogP contribution in [0.15, 0.2) is 42.5 Å². The topological polar surface area (TPSA) is 87.9 Å². The number of anilines is 1. The molecule has 0 aliphatic rings. The molecule has 0 aliphatic heterocycles. The Morgan fingerprint density at radius 2 is 1.95 bits per heavy atom. The molecule has 0 bridgehead atoms. The molecule has 1 heterocycles. The van der Waals surface area contributed by atoms with Crippen molar-refractivity contribution in [2.45, 2.75) is 6.61 Å². The van der Waals surface area contributed by atoms with Gasteiger partial charge in [0.05, 0.1) is 22.7 Å². The van der Waals surface area contributed by atoms with E-state index in [4.69, 9.17) is 11.0 Å². The number of benzene rings is 2. The van der Waals surface area contributed by atoms with Gasteiger partial charge in [0, 0.05) is 11.4 Å². The average molecular weight is 264 g/mol. The van der Waals surface area contributed by atoms with Crippen LogP contribution >= 0.6 is 0 Å². The van der Waals surface area contributed by atoms with Gasteiger partial charge in [0.25, 0.3) is 0 Å². The summed E-state index contributed by atoms with van der Waals surface area (Å²) in [6.07, 6.45) is 0. The summed E-state index contributed by atoms with van der Waals surface area (Å²) in [4.78, 5) is 4.38. The van der Waals surface area contributed by atoms with Crippen LogP contribution in [0.3, 0.4) is 0 Å². The lowest BCUT2D eigenvalue weighted by molar-refractivity contribution is 0.270. The highest BCUT2D eigenvalue weighted by molar-refractivity contribution is 5.81. The number of aliphatic hydroxyl groups is 1. The number of nitrogens with zero attached hydrogens (tertiary/aromatic N) is 3. The van der Waals surface area contributed by atoms with Gasteiger partial charge in [-0.2, -0.15) is 5.26 Å². The highest BCUT2D eigenvalue weighted by Gasteiger charge is 2.11. The summed E-state index contributed by atoms with van der Waals surface area (Å²) in [6.45, 7) is -0.172. The van der Waals surface area contributed by atoms with E-state index in [9.17, 15) is 5.11 Å². The molecule has 0 saturated heterocycles. The van der Waals surface area contributed by atoms with Gasteiger partial charge in [-0.15, -0.1) is 0 Å². The summed E-state index contributed by atoms with van der Waals surface area (Å²) >= 11 is 0. The fourth-order valence-corrected chi connectivity index (χ4v) is 2.23. The van der Waals surface area contributed by atoms with Gasteiger partial charge in [0.15, 0.2) is 0 Å². The Balaban J connectivity index is 2.25. The van der Waals surface area contributed by atoms with E-state index in [1.807, 2.05) is 22.8 Å². The van der Waals surface area contributed by atoms with E-state index in [1.54, 1.807) is 24.3 Å². The predicted molar refractivity (Wildman–Crippen MR) is 76.1 cm³/mol. The second-order valence-corrected chi connectivity index (χ2v) is 4.43. The van der Waals surface area contributed by atoms with Gasteiger partial charge in [0.2, 0.25) is 0 Å². The van der Waals surface area contributed by atoms with Gasteiger partial charge in [0.1, 0.15) is 12.4 Å². The van der Waals surface area contributed by atoms with Crippen LogP contribution in [0, 0.1) is 11.3 Å². The number of fused-ring (bicyclic) bond motifs is 1. The number of imidazole rings is 1. The molecule has 0 aliphatic carbocycles. The lowest BCUT2D eigenvalue weighted by Gasteiger charge is -2.07. The second-order valence-electron chi connectivity index (χ2n) is 4.43. The number of nitrogens with two attached hydrogens (primary N) is 1. The third kappa shape index (κ3) is 1.88. The maximum absolute atomic E-state index is 9.48. The molecule has 20 heavy (non-hydrogen) atoms. The lowest BCUT2D eigenvalue weighted by atomic mass is 10.2. The minimum absolute atomic E-state index is 0.172. The average Bonchev–Trinajstić information content (AvgIpc) is 2.84. The quantitative estimate of drug-likeness (QED) is 0.693. The van der Waals surface area contributed by atoms with Crippen molar-refractivity contribution in [2.75, 3.05) is 5.73 Å². The van der Waals surface area contributed by atoms with Crippen molar-refractivity contribution in [3.63, 3.8) is 0 Å². The minimum Gasteiger partial charge on any atom is -0.399 e. The summed E-state index contributed by atoms with van der Waals surface area (Å²) in [5.41, 5.74) is 9.43. The Kier molecular flexibility index (Phi) is 2.86. The molecule has 0 fully saturated rings. The van der Waals surface area contributed by atoms with Crippen molar-refractivity contribution >= 4 is 16.7 Å². The number of nitriles is 1. The molecule has 3 aromatic rings. The van der Waals surface area contributed by atoms with Crippen LogP contribution in [0.2, 0.25) is 0 Å². The standard InChI is InChI=1S/C15H12N4O/c16-8-10-1-4-12(5-2-10)19-14-6-3-11(17)7-13(14)18-15(19)9-20/h1-7,20H,9,17H2. The normalized spacial score (nSPS) is 10.6. The van der Waals surface area contributed by atoms with Gasteiger partial charge in [-0.3, -0.25) is 4.57 Å². The fraction of sp³-hybridized carbons (Fsp3) is 0.0667. The van der Waals surface area contributed by atoms with Crippen molar-refractivity contribution in [3.8, 4) is 11.8 Å². The van der Waals surface area contributed by atoms with Gasteiger partial charge < -0.3 is 10.8 Å². The monoisotopic (exact) mass is 264 g/mol. The first-order chi connectivity index (χ1) is 9.72. The first-order valence-corrected chi connectivity index (χ1v) is 6.11. The molecule has 1 aromatic heterocycles. The largest absolute Gasteiger partial charge is 0.399 e. The highest BCUT2D eigenvalue weighted by Crippen LogP contribution is 2.23. The zero-order valence-electron chi connectivity index (χ0n) is 10.6. The van der Waals surface area contributed by atoms with E-state index in [0.29, 0.717) is 17.1 Å². The maximum Gasteiger partial charge on any atom is 0.140 e. The molecule has 3 N–H and O–H groups in total. The van der Waals surface area contributed by atoms with Crippen molar-refractivity contribution in [1.29, 1.82) is 5.26 Å². The molecule has 98 valence electrons. The Morgan fingerprint density at radius 1 is 1.20 bits per heavy atom. The first-order valence-electron chi connectivity index (χ1n) is 6.11. The van der Waals surface area contributed by atoms with Crippen LogP contribution in [-0.4, -0.2) is 14.7 Å². The van der Waals surface area contributed by atoms with Gasteiger partial charge in [-0.05, 0) is 42.5 Å². The number of hydrogen-bond donors (Lipinski definition) is 2. The van der Waals surface area contributed by atoms with Crippen LogP contribution in [0.4, 0.5) is 5.69 Å². The third-order valence-corrected chi connectivity index (χ3v) is 3.14. The summed E-state index contributed by atoms with van der Waals surface area (Å²) in [6, 6.07) is 14.6. The van der Waals surface area contributed by atoms with Crippen LogP contribution in [0.5, 0.6) is 0 Å². The van der Waals surface area contributed by atoms with E-state index >= 15 is 0 Å². The third-order valence-electron chi connectivity index (χ3n) is 3.14. The van der Waals surface area contributed by atoms with Crippen LogP contribution in [-0.2, 0) is 6.61 Å². The summed E-state index contributed by atoms with van der Waals surface area (Å²) in [5.74, 6) is 0.537. The molecule has 5 nitrogen and oxygen atoms in total. The molecule has 5 heteroatoms. The Labute approximate surface area is 115 Å². The maximum atomic E-state index is 9.48. The molecule has 0 unspecified atom stereocenters. The zero-order chi connectivity index (χ0) is 14.1. The van der Waals surface area contributed by atoms with Crippen LogP contribution in [0.1, 0.15) is 11.4 Å². The van der Waals surface area contributed by atoms with E-state index < -0.39 is 0 Å². The van der Waals surface area contributed by atoms with Crippen molar-refractivity contribution in [3.05, 3.63) is 53.9 Å². The van der Waals surface area contributed by atoms with Gasteiger partial charge in [-0.1, -0.05) is 0 Å². The molecular weight excluding hydrogens is 252 g/mol. The predicted octanol–water partition coefficient (Wildman–Crippen LogP) is 1.97. The van der Waals surface area contributed by atoms with Gasteiger partial charge >= 0.3 is 0 Å². The molecular formula is C15H12N4O. The van der Waals surface area contributed by atoms with Gasteiger partial charge in [-0.25, -0.2) is 4.98 Å². The lowest BCUT2D eigenvalue weighted by Crippen LogP contribution is -2.01. The van der Waals surface area contributed by atoms with E-state index in [1.165, 1.54) is 0 Å². The van der Waals surface area contributed by atoms with Crippen molar-refractivity contribution in [1.82, 2.24) is 9.55 Å². The minimum atomic E-state index is -0.172. The molecule has 0 radical (unpaired) electrons. The zero-order valence-corrected chi connectivity index (χ0v) is 10.6. The molecule has 3 rings (SSSR count). The molecule has 2 aromatic carbocycles. The Bertz CT molecular complexity index is 812. The van der Waals surface area contributed by atoms with Crippen molar-refractivity contribution in [2.24, 2.45) is 0 Å². The van der Waals surface area contributed by atoms with Crippen LogP contribution in [0.25, 0.3) is 16.7 Å². The molecule has 0 saturated carbocycles. The number of aliphatic hydroxyl groups excluding tert-OH is 1. The van der Waals surface area contributed by atoms with E-state index in [-0.39, 0.29) is 6.61 Å². The van der Waals surface area contributed by atoms with Crippen molar-refractivity contribution < 1.29 is 5.11 Å². The molecule has 0 atom stereocenters. The van der Waals surface area contributed by atoms with E-state index in [2.05, 4.69) is 11.1 Å². The second kappa shape index (κ2) is 4.68. The van der Waals surface area contributed by atoms with Crippen LogP contribution < -0.4 is 5.73 Å². The smallest absolute Gasteiger partial charge is 0.140 e. The highest BCUT2D eigenvalue weighted by atomic mass is 16.3. The number of aromatic nitrogens is 2. The first kappa shape index (κ1) is 12.2. The fourth-order valence-electron chi connectivity index (χ4n) is 2.23. The Hall–Kier alpha value is -2.84. The summed E-state index contributed by atoms with van der Waals surface area (Å²) in [5, 5.41) is 18.3. The Morgan fingerprint density at radius 3 is 2.60 bits per heavy atom. The van der Waals surface area contributed by atoms with E-state index in [0.717, 1.165) is 16.7 Å².